The van der Waals surface area contributed by atoms with Gasteiger partial charge in [-0.3, -0.25) is 9.78 Å². The number of carbonyl (C=O) groups excluding carboxylic acids is 1. The van der Waals surface area contributed by atoms with Gasteiger partial charge in [0.1, 0.15) is 6.26 Å². The highest BCUT2D eigenvalue weighted by atomic mass is 32.2. The zero-order valence-corrected chi connectivity index (χ0v) is 15.1. The molecule has 0 spiro atoms. The molecule has 132 valence electrons. The lowest BCUT2D eigenvalue weighted by Gasteiger charge is -2.13. The zero-order chi connectivity index (χ0) is 18.4. The highest BCUT2D eigenvalue weighted by Crippen LogP contribution is 2.20. The molecular formula is C20H19N3O2S. The monoisotopic (exact) mass is 365 g/mol. The van der Waals surface area contributed by atoms with E-state index in [9.17, 15) is 9.35 Å². The summed E-state index contributed by atoms with van der Waals surface area (Å²) in [4.78, 5) is 17.4. The molecular weight excluding hydrogens is 346 g/mol. The third-order valence-corrected chi connectivity index (χ3v) is 4.75. The maximum atomic E-state index is 12.7. The van der Waals surface area contributed by atoms with Gasteiger partial charge in [-0.1, -0.05) is 18.2 Å². The minimum Gasteiger partial charge on any atom is -0.612 e. The van der Waals surface area contributed by atoms with Crippen molar-refractivity contribution in [3.63, 3.8) is 0 Å². The van der Waals surface area contributed by atoms with Crippen molar-refractivity contribution in [1.82, 2.24) is 4.98 Å². The van der Waals surface area contributed by atoms with E-state index in [4.69, 9.17) is 0 Å². The van der Waals surface area contributed by atoms with Gasteiger partial charge in [-0.2, -0.15) is 0 Å². The topological polar surface area (TPSA) is 77.1 Å². The molecule has 0 aliphatic rings. The number of amides is 1. The number of aromatic nitrogens is 1. The summed E-state index contributed by atoms with van der Waals surface area (Å²) in [6.07, 6.45) is 5.08. The number of carbonyl (C=O) groups is 1. The van der Waals surface area contributed by atoms with E-state index in [1.807, 2.05) is 30.3 Å². The lowest BCUT2D eigenvalue weighted by atomic mass is 10.1. The average Bonchev–Trinajstić information content (AvgIpc) is 2.67. The molecule has 1 aromatic heterocycles. The number of rotatable bonds is 6. The van der Waals surface area contributed by atoms with E-state index in [0.29, 0.717) is 22.7 Å². The summed E-state index contributed by atoms with van der Waals surface area (Å²) in [6, 6.07) is 18.2. The number of para-hydroxylation sites is 1. The standard InChI is InChI=1S/C20H19N3O2S/c1-26(25)17-6-4-5-16(13-17)23-20(24)18-7-2-3-8-19(18)22-14-15-9-11-21-12-10-15/h2-13,22H,14H2,1H3,(H,23,24). The fraction of sp³-hybridized carbons (Fsp3) is 0.100. The van der Waals surface area contributed by atoms with E-state index in [1.54, 1.807) is 49.0 Å². The van der Waals surface area contributed by atoms with Gasteiger partial charge in [0.05, 0.1) is 5.56 Å². The van der Waals surface area contributed by atoms with Crippen LogP contribution in [0.5, 0.6) is 0 Å². The van der Waals surface area contributed by atoms with Crippen LogP contribution >= 0.6 is 0 Å². The number of pyridine rings is 1. The molecule has 0 aliphatic carbocycles. The Morgan fingerprint density at radius 3 is 2.62 bits per heavy atom. The Bertz CT molecular complexity index is 885. The molecule has 1 atom stereocenters. The highest BCUT2D eigenvalue weighted by Gasteiger charge is 2.12. The summed E-state index contributed by atoms with van der Waals surface area (Å²) < 4.78 is 11.6. The quantitative estimate of drug-likeness (QED) is 0.653. The number of anilines is 2. The maximum Gasteiger partial charge on any atom is 0.257 e. The first-order valence-corrected chi connectivity index (χ1v) is 9.66. The number of hydrogen-bond donors (Lipinski definition) is 2. The van der Waals surface area contributed by atoms with Crippen LogP contribution in [0.1, 0.15) is 15.9 Å². The molecule has 2 aromatic carbocycles. The molecule has 1 amide bonds. The molecule has 6 heteroatoms. The van der Waals surface area contributed by atoms with Crippen LogP contribution in [0.2, 0.25) is 0 Å². The van der Waals surface area contributed by atoms with Crippen molar-refractivity contribution in [2.24, 2.45) is 0 Å². The zero-order valence-electron chi connectivity index (χ0n) is 14.3. The largest absolute Gasteiger partial charge is 0.612 e. The highest BCUT2D eigenvalue weighted by molar-refractivity contribution is 7.90. The number of benzene rings is 2. The van der Waals surface area contributed by atoms with Crippen LogP contribution in [-0.2, 0) is 17.7 Å². The van der Waals surface area contributed by atoms with Crippen molar-refractivity contribution >= 4 is 28.5 Å². The lowest BCUT2D eigenvalue weighted by Crippen LogP contribution is -2.15. The molecule has 0 saturated carbocycles. The molecule has 26 heavy (non-hydrogen) atoms. The van der Waals surface area contributed by atoms with Crippen LogP contribution in [0.4, 0.5) is 11.4 Å². The van der Waals surface area contributed by atoms with Gasteiger partial charge in [-0.15, -0.1) is 0 Å². The Morgan fingerprint density at radius 1 is 1.08 bits per heavy atom. The minimum absolute atomic E-state index is 0.220. The van der Waals surface area contributed by atoms with Crippen LogP contribution in [-0.4, -0.2) is 21.7 Å². The second-order valence-electron chi connectivity index (χ2n) is 5.69. The van der Waals surface area contributed by atoms with Gasteiger partial charge >= 0.3 is 0 Å². The lowest BCUT2D eigenvalue weighted by molar-refractivity contribution is 0.102. The molecule has 1 heterocycles. The van der Waals surface area contributed by atoms with Gasteiger partial charge in [0.15, 0.2) is 4.90 Å². The number of nitrogens with one attached hydrogen (secondary N) is 2. The third-order valence-electron chi connectivity index (χ3n) is 3.83. The second-order valence-corrected chi connectivity index (χ2v) is 7.07. The Balaban J connectivity index is 1.74. The molecule has 3 rings (SSSR count). The molecule has 1 unspecified atom stereocenters. The molecule has 0 fully saturated rings. The Hall–Kier alpha value is -2.83. The fourth-order valence-corrected chi connectivity index (χ4v) is 3.05. The van der Waals surface area contributed by atoms with Gasteiger partial charge in [-0.05, 0) is 53.1 Å². The summed E-state index contributed by atoms with van der Waals surface area (Å²) in [6.45, 7) is 0.594. The van der Waals surface area contributed by atoms with Crippen molar-refractivity contribution in [3.05, 3.63) is 84.2 Å². The van der Waals surface area contributed by atoms with Crippen molar-refractivity contribution < 1.29 is 9.35 Å². The summed E-state index contributed by atoms with van der Waals surface area (Å²) >= 11 is -1.10. The molecule has 0 bridgehead atoms. The predicted molar refractivity (Wildman–Crippen MR) is 105 cm³/mol. The third kappa shape index (κ3) is 4.62. The Labute approximate surface area is 155 Å². The first kappa shape index (κ1) is 18.0. The van der Waals surface area contributed by atoms with E-state index < -0.39 is 11.2 Å². The smallest absolute Gasteiger partial charge is 0.257 e. The molecule has 0 saturated heterocycles. The molecule has 0 aliphatic heterocycles. The van der Waals surface area contributed by atoms with Crippen molar-refractivity contribution in [2.75, 3.05) is 16.9 Å². The predicted octanol–water partition coefficient (Wildman–Crippen LogP) is 3.68. The Kier molecular flexibility index (Phi) is 5.88. The fourth-order valence-electron chi connectivity index (χ4n) is 2.48. The van der Waals surface area contributed by atoms with Crippen LogP contribution in [0.15, 0.2) is 78.0 Å². The van der Waals surface area contributed by atoms with Crippen molar-refractivity contribution in [2.45, 2.75) is 11.4 Å². The molecule has 3 aromatic rings. The van der Waals surface area contributed by atoms with Crippen molar-refractivity contribution in [1.29, 1.82) is 0 Å². The normalized spacial score (nSPS) is 11.6. The van der Waals surface area contributed by atoms with Gasteiger partial charge in [0.25, 0.3) is 5.91 Å². The molecule has 0 radical (unpaired) electrons. The van der Waals surface area contributed by atoms with E-state index in [-0.39, 0.29) is 5.91 Å². The average molecular weight is 365 g/mol. The number of nitrogens with zero attached hydrogens (tertiary/aromatic N) is 1. The first-order chi connectivity index (χ1) is 12.6. The van der Waals surface area contributed by atoms with Gasteiger partial charge < -0.3 is 15.2 Å². The first-order valence-electron chi connectivity index (χ1n) is 8.10. The van der Waals surface area contributed by atoms with E-state index in [1.165, 1.54) is 0 Å². The number of hydrogen-bond acceptors (Lipinski definition) is 4. The van der Waals surface area contributed by atoms with Crippen LogP contribution in [0, 0.1) is 0 Å². The molecule has 2 N–H and O–H groups in total. The van der Waals surface area contributed by atoms with Gasteiger partial charge in [-0.25, -0.2) is 0 Å². The van der Waals surface area contributed by atoms with E-state index in [2.05, 4.69) is 15.6 Å². The summed E-state index contributed by atoms with van der Waals surface area (Å²) in [5.41, 5.74) is 2.99. The SMILES string of the molecule is C[S+]([O-])c1cccc(NC(=O)c2ccccc2NCc2ccncc2)c1. The summed E-state index contributed by atoms with van der Waals surface area (Å²) in [7, 11) is 0. The summed E-state index contributed by atoms with van der Waals surface area (Å²) in [5.74, 6) is -0.220. The van der Waals surface area contributed by atoms with Crippen molar-refractivity contribution in [3.8, 4) is 0 Å². The second kappa shape index (κ2) is 8.51. The Morgan fingerprint density at radius 2 is 1.85 bits per heavy atom. The van der Waals surface area contributed by atoms with Gasteiger partial charge in [0.2, 0.25) is 0 Å². The van der Waals surface area contributed by atoms with Gasteiger partial charge in [0, 0.05) is 36.4 Å². The minimum atomic E-state index is -1.10. The van der Waals surface area contributed by atoms with E-state index in [0.717, 1.165) is 11.3 Å². The van der Waals surface area contributed by atoms with E-state index >= 15 is 0 Å². The van der Waals surface area contributed by atoms with Crippen LogP contribution in [0.3, 0.4) is 0 Å². The maximum absolute atomic E-state index is 12.7. The van der Waals surface area contributed by atoms with Crippen LogP contribution in [0.25, 0.3) is 0 Å². The molecule has 5 nitrogen and oxygen atoms in total. The summed E-state index contributed by atoms with van der Waals surface area (Å²) in [5, 5.41) is 6.16. The van der Waals surface area contributed by atoms with Crippen LogP contribution < -0.4 is 10.6 Å².